The molecule has 2 rings (SSSR count). The van der Waals surface area contributed by atoms with Crippen LogP contribution >= 0.6 is 11.6 Å². The van der Waals surface area contributed by atoms with Gasteiger partial charge in [-0.05, 0) is 18.2 Å². The quantitative estimate of drug-likeness (QED) is 0.617. The van der Waals surface area contributed by atoms with Crippen molar-refractivity contribution in [2.45, 2.75) is 0 Å². The molecule has 7 heteroatoms. The van der Waals surface area contributed by atoms with Crippen LogP contribution in [0, 0.1) is 0 Å². The number of hydrazone groups is 1. The summed E-state index contributed by atoms with van der Waals surface area (Å²) < 4.78 is 15.7. The Morgan fingerprint density at radius 2 is 1.88 bits per heavy atom. The van der Waals surface area contributed by atoms with E-state index in [0.29, 0.717) is 27.8 Å². The first-order chi connectivity index (χ1) is 11.6. The lowest BCUT2D eigenvalue weighted by molar-refractivity contribution is -0.123. The van der Waals surface area contributed by atoms with Crippen molar-refractivity contribution in [2.75, 3.05) is 20.8 Å². The lowest BCUT2D eigenvalue weighted by Crippen LogP contribution is -2.24. The second kappa shape index (κ2) is 8.79. The number of hydrogen-bond acceptors (Lipinski definition) is 5. The summed E-state index contributed by atoms with van der Waals surface area (Å²) in [6.07, 6.45) is 1.44. The third-order valence-electron chi connectivity index (χ3n) is 3.01. The molecule has 0 aromatic heterocycles. The molecule has 24 heavy (non-hydrogen) atoms. The highest BCUT2D eigenvalue weighted by Crippen LogP contribution is 2.31. The summed E-state index contributed by atoms with van der Waals surface area (Å²) in [5.74, 6) is 1.25. The lowest BCUT2D eigenvalue weighted by Gasteiger charge is -2.09. The van der Waals surface area contributed by atoms with Gasteiger partial charge >= 0.3 is 0 Å². The first-order valence-corrected chi connectivity index (χ1v) is 7.43. The first-order valence-electron chi connectivity index (χ1n) is 7.05. The van der Waals surface area contributed by atoms with E-state index in [-0.39, 0.29) is 12.5 Å². The average molecular weight is 349 g/mol. The number of hydrogen-bond donors (Lipinski definition) is 1. The molecule has 0 radical (unpaired) electrons. The fraction of sp³-hybridized carbons (Fsp3) is 0.176. The van der Waals surface area contributed by atoms with Gasteiger partial charge in [0.15, 0.2) is 6.61 Å². The highest BCUT2D eigenvalue weighted by Gasteiger charge is 2.08. The van der Waals surface area contributed by atoms with Gasteiger partial charge in [-0.15, -0.1) is 0 Å². The van der Waals surface area contributed by atoms with Crippen LogP contribution in [0.15, 0.2) is 47.6 Å². The first kappa shape index (κ1) is 17.6. The van der Waals surface area contributed by atoms with Crippen molar-refractivity contribution < 1.29 is 19.0 Å². The van der Waals surface area contributed by atoms with Crippen LogP contribution in [-0.4, -0.2) is 32.9 Å². The van der Waals surface area contributed by atoms with Gasteiger partial charge in [0.05, 0.1) is 25.5 Å². The van der Waals surface area contributed by atoms with Crippen LogP contribution in [0.25, 0.3) is 0 Å². The largest absolute Gasteiger partial charge is 0.496 e. The summed E-state index contributed by atoms with van der Waals surface area (Å²) in [7, 11) is 3.04. The van der Waals surface area contributed by atoms with E-state index in [1.165, 1.54) is 20.4 Å². The van der Waals surface area contributed by atoms with E-state index < -0.39 is 0 Å². The second-order valence-corrected chi connectivity index (χ2v) is 5.03. The highest BCUT2D eigenvalue weighted by molar-refractivity contribution is 6.32. The zero-order valence-electron chi connectivity index (χ0n) is 13.3. The summed E-state index contributed by atoms with van der Waals surface area (Å²) in [6.45, 7) is -0.137. The maximum atomic E-state index is 11.7. The predicted octanol–water partition coefficient (Wildman–Crippen LogP) is 2.89. The van der Waals surface area contributed by atoms with Crippen LogP contribution in [0.1, 0.15) is 5.56 Å². The molecule has 0 aliphatic heterocycles. The van der Waals surface area contributed by atoms with Crippen molar-refractivity contribution in [3.63, 3.8) is 0 Å². The van der Waals surface area contributed by atoms with Crippen molar-refractivity contribution in [3.8, 4) is 17.2 Å². The molecule has 2 aromatic carbocycles. The number of para-hydroxylation sites is 1. The van der Waals surface area contributed by atoms with Gasteiger partial charge in [-0.1, -0.05) is 29.8 Å². The monoisotopic (exact) mass is 348 g/mol. The van der Waals surface area contributed by atoms with Crippen LogP contribution in [0.5, 0.6) is 17.2 Å². The molecule has 1 amide bonds. The molecule has 6 nitrogen and oxygen atoms in total. The molecule has 0 spiro atoms. The molecule has 1 N–H and O–H groups in total. The number of carbonyl (C=O) groups is 1. The van der Waals surface area contributed by atoms with Crippen molar-refractivity contribution >= 4 is 23.7 Å². The summed E-state index contributed by atoms with van der Waals surface area (Å²) in [4.78, 5) is 11.7. The minimum absolute atomic E-state index is 0.137. The summed E-state index contributed by atoms with van der Waals surface area (Å²) in [5.41, 5.74) is 2.98. The maximum absolute atomic E-state index is 11.7. The van der Waals surface area contributed by atoms with E-state index in [9.17, 15) is 4.79 Å². The Morgan fingerprint density at radius 3 is 2.54 bits per heavy atom. The molecular weight excluding hydrogens is 332 g/mol. The Morgan fingerprint density at radius 1 is 1.17 bits per heavy atom. The topological polar surface area (TPSA) is 69.2 Å². The molecule has 0 atom stereocenters. The lowest BCUT2D eigenvalue weighted by atomic mass is 10.2. The Hall–Kier alpha value is -2.73. The van der Waals surface area contributed by atoms with Crippen LogP contribution in [0.4, 0.5) is 0 Å². The SMILES string of the molecule is COc1cc(OC)c(/C=N\NC(=O)COc2ccccc2)cc1Cl. The van der Waals surface area contributed by atoms with Gasteiger partial charge in [-0.2, -0.15) is 5.10 Å². The fourth-order valence-electron chi connectivity index (χ4n) is 1.86. The number of amides is 1. The molecule has 0 bridgehead atoms. The van der Waals surface area contributed by atoms with E-state index in [0.717, 1.165) is 0 Å². The molecular formula is C17H17ClN2O4. The second-order valence-electron chi connectivity index (χ2n) is 4.62. The molecule has 126 valence electrons. The van der Waals surface area contributed by atoms with Gasteiger partial charge in [0.2, 0.25) is 0 Å². The minimum Gasteiger partial charge on any atom is -0.496 e. The zero-order chi connectivity index (χ0) is 17.4. The number of rotatable bonds is 7. The Kier molecular flexibility index (Phi) is 6.45. The van der Waals surface area contributed by atoms with E-state index in [1.54, 1.807) is 24.3 Å². The molecule has 2 aromatic rings. The van der Waals surface area contributed by atoms with E-state index >= 15 is 0 Å². The normalized spacial score (nSPS) is 10.5. The third kappa shape index (κ3) is 4.89. The Labute approximate surface area is 145 Å². The van der Waals surface area contributed by atoms with E-state index in [1.807, 2.05) is 18.2 Å². The number of methoxy groups -OCH3 is 2. The van der Waals surface area contributed by atoms with Crippen molar-refractivity contribution in [1.82, 2.24) is 5.43 Å². The molecule has 0 heterocycles. The van der Waals surface area contributed by atoms with Crippen molar-refractivity contribution in [3.05, 3.63) is 53.1 Å². The number of nitrogens with one attached hydrogen (secondary N) is 1. The standard InChI is InChI=1S/C17H17ClN2O4/c1-22-15-9-16(23-2)14(18)8-12(15)10-19-20-17(21)11-24-13-6-4-3-5-7-13/h3-10H,11H2,1-2H3,(H,20,21)/b19-10-. The number of nitrogens with zero attached hydrogens (tertiary/aromatic N) is 1. The predicted molar refractivity (Wildman–Crippen MR) is 92.2 cm³/mol. The number of halogens is 1. The molecule has 0 fully saturated rings. The summed E-state index contributed by atoms with van der Waals surface area (Å²) in [5, 5.41) is 4.29. The van der Waals surface area contributed by atoms with Gasteiger partial charge in [0.1, 0.15) is 17.2 Å². The van der Waals surface area contributed by atoms with E-state index in [2.05, 4.69) is 10.5 Å². The maximum Gasteiger partial charge on any atom is 0.277 e. The number of carbonyl (C=O) groups excluding carboxylic acids is 1. The molecule has 0 unspecified atom stereocenters. The molecule has 0 saturated heterocycles. The minimum atomic E-state index is -0.381. The van der Waals surface area contributed by atoms with Crippen LogP contribution in [-0.2, 0) is 4.79 Å². The molecule has 0 aliphatic carbocycles. The van der Waals surface area contributed by atoms with Gasteiger partial charge in [-0.3, -0.25) is 4.79 Å². The Balaban J connectivity index is 1.93. The van der Waals surface area contributed by atoms with Gasteiger partial charge in [0, 0.05) is 11.6 Å². The van der Waals surface area contributed by atoms with Crippen molar-refractivity contribution in [2.24, 2.45) is 5.10 Å². The summed E-state index contributed by atoms with van der Waals surface area (Å²) in [6, 6.07) is 12.3. The van der Waals surface area contributed by atoms with Crippen molar-refractivity contribution in [1.29, 1.82) is 0 Å². The van der Waals surface area contributed by atoms with Crippen LogP contribution in [0.3, 0.4) is 0 Å². The fourth-order valence-corrected chi connectivity index (χ4v) is 2.11. The molecule has 0 saturated carbocycles. The number of ether oxygens (including phenoxy) is 3. The summed E-state index contributed by atoms with van der Waals surface area (Å²) >= 11 is 6.07. The highest BCUT2D eigenvalue weighted by atomic mass is 35.5. The number of benzene rings is 2. The van der Waals surface area contributed by atoms with Gasteiger partial charge < -0.3 is 14.2 Å². The van der Waals surface area contributed by atoms with Crippen LogP contribution < -0.4 is 19.6 Å². The van der Waals surface area contributed by atoms with Crippen LogP contribution in [0.2, 0.25) is 5.02 Å². The smallest absolute Gasteiger partial charge is 0.277 e. The van der Waals surface area contributed by atoms with Gasteiger partial charge in [0.25, 0.3) is 5.91 Å². The average Bonchev–Trinajstić information content (AvgIpc) is 2.61. The van der Waals surface area contributed by atoms with E-state index in [4.69, 9.17) is 25.8 Å². The zero-order valence-corrected chi connectivity index (χ0v) is 14.0. The Bertz CT molecular complexity index is 720. The third-order valence-corrected chi connectivity index (χ3v) is 3.31. The molecule has 0 aliphatic rings. The van der Waals surface area contributed by atoms with Gasteiger partial charge in [-0.25, -0.2) is 5.43 Å².